The Labute approximate surface area is 115 Å². The van der Waals surface area contributed by atoms with Crippen LogP contribution >= 0.6 is 11.8 Å². The third-order valence-corrected chi connectivity index (χ3v) is 3.73. The molecule has 0 atom stereocenters. The molecule has 3 nitrogen and oxygen atoms in total. The lowest BCUT2D eigenvalue weighted by molar-refractivity contribution is 0.914. The Morgan fingerprint density at radius 3 is 2.42 bits per heavy atom. The minimum Gasteiger partial charge on any atom is -0.326 e. The van der Waals surface area contributed by atoms with Gasteiger partial charge in [0.25, 0.3) is 0 Å². The summed E-state index contributed by atoms with van der Waals surface area (Å²) in [6.45, 7) is 0.473. The van der Waals surface area contributed by atoms with E-state index in [2.05, 4.69) is 40.3 Å². The predicted molar refractivity (Wildman–Crippen MR) is 78.0 cm³/mol. The molecule has 19 heavy (non-hydrogen) atoms. The number of hydrogen-bond acceptors (Lipinski definition) is 4. The average Bonchev–Trinajstić information content (AvgIpc) is 2.48. The molecule has 0 aliphatic carbocycles. The van der Waals surface area contributed by atoms with Gasteiger partial charge in [-0.25, -0.2) is 9.97 Å². The Morgan fingerprint density at radius 1 is 0.947 bits per heavy atom. The van der Waals surface area contributed by atoms with Crippen LogP contribution in [0.25, 0.3) is 10.8 Å². The van der Waals surface area contributed by atoms with Gasteiger partial charge in [0.15, 0.2) is 5.16 Å². The fourth-order valence-corrected chi connectivity index (χ4v) is 2.58. The fraction of sp³-hybridized carbons (Fsp3) is 0.0667. The minimum absolute atomic E-state index is 0.473. The molecule has 0 aliphatic rings. The van der Waals surface area contributed by atoms with E-state index in [1.54, 1.807) is 24.2 Å². The van der Waals surface area contributed by atoms with Crippen molar-refractivity contribution in [3.8, 4) is 0 Å². The lowest BCUT2D eigenvalue weighted by Crippen LogP contribution is -1.98. The van der Waals surface area contributed by atoms with Gasteiger partial charge in [-0.3, -0.25) is 0 Å². The highest BCUT2D eigenvalue weighted by molar-refractivity contribution is 7.99. The number of benzene rings is 2. The second-order valence-electron chi connectivity index (χ2n) is 4.19. The third-order valence-electron chi connectivity index (χ3n) is 2.85. The van der Waals surface area contributed by atoms with Gasteiger partial charge in [0.1, 0.15) is 0 Å². The van der Waals surface area contributed by atoms with Gasteiger partial charge in [0.05, 0.1) is 0 Å². The first-order valence-electron chi connectivity index (χ1n) is 6.03. The maximum Gasteiger partial charge on any atom is 0.192 e. The molecular weight excluding hydrogens is 254 g/mol. The standard InChI is InChI=1S/C15H13N3S/c16-8-11-9-17-15(18-10-11)19-14-6-5-12-3-1-2-4-13(12)7-14/h1-7,9-10H,8,16H2. The van der Waals surface area contributed by atoms with Crippen molar-refractivity contribution < 1.29 is 0 Å². The van der Waals surface area contributed by atoms with E-state index in [1.165, 1.54) is 10.8 Å². The van der Waals surface area contributed by atoms with Crippen LogP contribution in [0.5, 0.6) is 0 Å². The number of nitrogens with two attached hydrogens (primary N) is 1. The van der Waals surface area contributed by atoms with Crippen LogP contribution < -0.4 is 5.73 Å². The summed E-state index contributed by atoms with van der Waals surface area (Å²) in [5.74, 6) is 0. The molecule has 3 rings (SSSR count). The summed E-state index contributed by atoms with van der Waals surface area (Å²) in [6.07, 6.45) is 3.55. The van der Waals surface area contributed by atoms with E-state index in [1.807, 2.05) is 12.1 Å². The van der Waals surface area contributed by atoms with E-state index >= 15 is 0 Å². The SMILES string of the molecule is NCc1cnc(Sc2ccc3ccccc3c2)nc1. The van der Waals surface area contributed by atoms with Crippen molar-refractivity contribution in [3.05, 3.63) is 60.4 Å². The van der Waals surface area contributed by atoms with Gasteiger partial charge in [-0.2, -0.15) is 0 Å². The molecule has 0 spiro atoms. The van der Waals surface area contributed by atoms with Gasteiger partial charge in [0.2, 0.25) is 0 Å². The van der Waals surface area contributed by atoms with Crippen molar-refractivity contribution in [1.82, 2.24) is 9.97 Å². The summed E-state index contributed by atoms with van der Waals surface area (Å²) < 4.78 is 0. The topological polar surface area (TPSA) is 51.8 Å². The molecule has 0 saturated heterocycles. The Kier molecular flexibility index (Phi) is 3.44. The molecular formula is C15H13N3S. The van der Waals surface area contributed by atoms with Gasteiger partial charge < -0.3 is 5.73 Å². The number of rotatable bonds is 3. The van der Waals surface area contributed by atoms with Gasteiger partial charge >= 0.3 is 0 Å². The molecule has 2 aromatic carbocycles. The van der Waals surface area contributed by atoms with Crippen LogP contribution in [0.15, 0.2) is 64.9 Å². The highest BCUT2D eigenvalue weighted by atomic mass is 32.2. The lowest BCUT2D eigenvalue weighted by atomic mass is 10.1. The Hall–Kier alpha value is -1.91. The zero-order chi connectivity index (χ0) is 13.1. The molecule has 4 heteroatoms. The van der Waals surface area contributed by atoms with Crippen LogP contribution in [-0.4, -0.2) is 9.97 Å². The van der Waals surface area contributed by atoms with E-state index in [0.29, 0.717) is 6.54 Å². The maximum atomic E-state index is 5.53. The molecule has 3 aromatic rings. The van der Waals surface area contributed by atoms with Crippen molar-refractivity contribution in [3.63, 3.8) is 0 Å². The van der Waals surface area contributed by atoms with Gasteiger partial charge in [0, 0.05) is 29.4 Å². The zero-order valence-corrected chi connectivity index (χ0v) is 11.1. The van der Waals surface area contributed by atoms with Crippen LogP contribution in [0.1, 0.15) is 5.56 Å². The van der Waals surface area contributed by atoms with Crippen molar-refractivity contribution in [2.75, 3.05) is 0 Å². The lowest BCUT2D eigenvalue weighted by Gasteiger charge is -2.03. The van der Waals surface area contributed by atoms with E-state index in [9.17, 15) is 0 Å². The molecule has 0 unspecified atom stereocenters. The zero-order valence-electron chi connectivity index (χ0n) is 10.3. The van der Waals surface area contributed by atoms with Crippen molar-refractivity contribution in [1.29, 1.82) is 0 Å². The van der Waals surface area contributed by atoms with E-state index in [-0.39, 0.29) is 0 Å². The summed E-state index contributed by atoms with van der Waals surface area (Å²) in [6, 6.07) is 14.7. The fourth-order valence-electron chi connectivity index (χ4n) is 1.84. The normalized spacial score (nSPS) is 10.8. The van der Waals surface area contributed by atoms with Crippen LogP contribution in [0.4, 0.5) is 0 Å². The first-order valence-corrected chi connectivity index (χ1v) is 6.84. The molecule has 94 valence electrons. The molecule has 2 N–H and O–H groups in total. The number of aromatic nitrogens is 2. The van der Waals surface area contributed by atoms with E-state index in [0.717, 1.165) is 15.6 Å². The quantitative estimate of drug-likeness (QED) is 0.740. The molecule has 0 aliphatic heterocycles. The van der Waals surface area contributed by atoms with Crippen molar-refractivity contribution in [2.24, 2.45) is 5.73 Å². The van der Waals surface area contributed by atoms with Crippen LogP contribution in [-0.2, 0) is 6.54 Å². The summed E-state index contributed by atoms with van der Waals surface area (Å²) >= 11 is 1.56. The molecule has 0 bridgehead atoms. The van der Waals surface area contributed by atoms with Gasteiger partial charge in [-0.05, 0) is 34.7 Å². The predicted octanol–water partition coefficient (Wildman–Crippen LogP) is 3.24. The minimum atomic E-state index is 0.473. The smallest absolute Gasteiger partial charge is 0.192 e. The third kappa shape index (κ3) is 2.75. The largest absolute Gasteiger partial charge is 0.326 e. The monoisotopic (exact) mass is 267 g/mol. The van der Waals surface area contributed by atoms with Crippen LogP contribution in [0.3, 0.4) is 0 Å². The molecule has 0 saturated carbocycles. The number of fused-ring (bicyclic) bond motifs is 1. The Bertz CT molecular complexity index is 695. The van der Waals surface area contributed by atoms with Crippen LogP contribution in [0, 0.1) is 0 Å². The second kappa shape index (κ2) is 5.38. The molecule has 1 heterocycles. The van der Waals surface area contributed by atoms with Crippen molar-refractivity contribution >= 4 is 22.5 Å². The van der Waals surface area contributed by atoms with Crippen molar-refractivity contribution in [2.45, 2.75) is 16.6 Å². The molecule has 0 radical (unpaired) electrons. The molecule has 0 amide bonds. The van der Waals surface area contributed by atoms with E-state index < -0.39 is 0 Å². The Balaban J connectivity index is 1.87. The summed E-state index contributed by atoms with van der Waals surface area (Å²) in [4.78, 5) is 9.73. The second-order valence-corrected chi connectivity index (χ2v) is 5.23. The number of hydrogen-bond donors (Lipinski definition) is 1. The summed E-state index contributed by atoms with van der Waals surface area (Å²) in [5.41, 5.74) is 6.47. The Morgan fingerprint density at radius 2 is 1.68 bits per heavy atom. The van der Waals surface area contributed by atoms with Gasteiger partial charge in [-0.15, -0.1) is 0 Å². The van der Waals surface area contributed by atoms with E-state index in [4.69, 9.17) is 5.73 Å². The van der Waals surface area contributed by atoms with Crippen LogP contribution in [0.2, 0.25) is 0 Å². The summed E-state index contributed by atoms with van der Waals surface area (Å²) in [5, 5.41) is 3.21. The number of nitrogens with zero attached hydrogens (tertiary/aromatic N) is 2. The van der Waals surface area contributed by atoms with Gasteiger partial charge in [-0.1, -0.05) is 30.3 Å². The average molecular weight is 267 g/mol. The summed E-state index contributed by atoms with van der Waals surface area (Å²) in [7, 11) is 0. The molecule has 0 fully saturated rings. The first kappa shape index (κ1) is 12.1. The molecule has 1 aromatic heterocycles. The first-order chi connectivity index (χ1) is 9.35. The maximum absolute atomic E-state index is 5.53. The highest BCUT2D eigenvalue weighted by Gasteiger charge is 2.02. The highest BCUT2D eigenvalue weighted by Crippen LogP contribution is 2.27.